The number of hydrogen-bond donors (Lipinski definition) is 2. The first kappa shape index (κ1) is 21.0. The van der Waals surface area contributed by atoms with Crippen LogP contribution in [0.1, 0.15) is 49.3 Å². The summed E-state index contributed by atoms with van der Waals surface area (Å²) in [4.78, 5) is 36.0. The first-order valence-electron chi connectivity index (χ1n) is 9.35. The van der Waals surface area contributed by atoms with Gasteiger partial charge in [0.05, 0.1) is 11.3 Å². The van der Waals surface area contributed by atoms with E-state index in [0.717, 1.165) is 5.56 Å². The van der Waals surface area contributed by atoms with Crippen molar-refractivity contribution in [2.45, 2.75) is 44.6 Å². The van der Waals surface area contributed by atoms with Crippen molar-refractivity contribution in [1.29, 1.82) is 0 Å². The van der Waals surface area contributed by atoms with Crippen molar-refractivity contribution in [3.8, 4) is 0 Å². The SMILES string of the molecule is CC(C)(C(=O)NCc1ccc(C2CCC(=O)NC2=O)c(Cl)c1)c1ccccc1F. The first-order valence-corrected chi connectivity index (χ1v) is 9.73. The predicted molar refractivity (Wildman–Crippen MR) is 108 cm³/mol. The summed E-state index contributed by atoms with van der Waals surface area (Å²) in [5.41, 5.74) is 0.688. The fourth-order valence-electron chi connectivity index (χ4n) is 3.45. The highest BCUT2D eigenvalue weighted by Crippen LogP contribution is 2.31. The van der Waals surface area contributed by atoms with Crippen LogP contribution < -0.4 is 10.6 Å². The summed E-state index contributed by atoms with van der Waals surface area (Å²) < 4.78 is 14.1. The van der Waals surface area contributed by atoms with Crippen LogP contribution in [-0.2, 0) is 26.3 Å². The number of carbonyl (C=O) groups excluding carboxylic acids is 3. The van der Waals surface area contributed by atoms with Crippen LogP contribution in [0.5, 0.6) is 0 Å². The molecule has 1 aliphatic rings. The topological polar surface area (TPSA) is 75.3 Å². The zero-order chi connectivity index (χ0) is 21.2. The third-order valence-electron chi connectivity index (χ3n) is 5.25. The molecule has 0 spiro atoms. The lowest BCUT2D eigenvalue weighted by molar-refractivity contribution is -0.134. The summed E-state index contributed by atoms with van der Waals surface area (Å²) in [5, 5.41) is 5.54. The fourth-order valence-corrected chi connectivity index (χ4v) is 3.78. The molecule has 1 atom stereocenters. The fraction of sp³-hybridized carbons (Fsp3) is 0.318. The Morgan fingerprint density at radius 3 is 2.62 bits per heavy atom. The van der Waals surface area contributed by atoms with Crippen molar-refractivity contribution >= 4 is 29.3 Å². The molecular weight excluding hydrogens is 395 g/mol. The maximum atomic E-state index is 14.1. The van der Waals surface area contributed by atoms with E-state index in [9.17, 15) is 18.8 Å². The molecular formula is C22H22ClFN2O3. The zero-order valence-electron chi connectivity index (χ0n) is 16.2. The van der Waals surface area contributed by atoms with Crippen LogP contribution in [0.2, 0.25) is 5.02 Å². The molecule has 7 heteroatoms. The van der Waals surface area contributed by atoms with Gasteiger partial charge in [-0.3, -0.25) is 19.7 Å². The smallest absolute Gasteiger partial charge is 0.234 e. The molecule has 1 aliphatic heterocycles. The number of imide groups is 1. The summed E-state index contributed by atoms with van der Waals surface area (Å²) in [6, 6.07) is 11.4. The maximum Gasteiger partial charge on any atom is 0.234 e. The monoisotopic (exact) mass is 416 g/mol. The van der Waals surface area contributed by atoms with E-state index < -0.39 is 17.2 Å². The maximum absolute atomic E-state index is 14.1. The quantitative estimate of drug-likeness (QED) is 0.731. The molecule has 0 aromatic heterocycles. The van der Waals surface area contributed by atoms with Crippen molar-refractivity contribution in [1.82, 2.24) is 10.6 Å². The normalized spacial score (nSPS) is 17.0. The number of piperidine rings is 1. The summed E-state index contributed by atoms with van der Waals surface area (Å²) in [7, 11) is 0. The molecule has 152 valence electrons. The van der Waals surface area contributed by atoms with Crippen molar-refractivity contribution in [2.24, 2.45) is 0 Å². The van der Waals surface area contributed by atoms with E-state index in [1.54, 1.807) is 50.2 Å². The molecule has 0 bridgehead atoms. The molecule has 1 fully saturated rings. The van der Waals surface area contributed by atoms with Gasteiger partial charge in [0, 0.05) is 23.6 Å². The van der Waals surface area contributed by atoms with Crippen molar-refractivity contribution < 1.29 is 18.8 Å². The first-order chi connectivity index (χ1) is 13.7. The molecule has 2 aromatic carbocycles. The lowest BCUT2D eigenvalue weighted by Crippen LogP contribution is -2.40. The molecule has 1 unspecified atom stereocenters. The van der Waals surface area contributed by atoms with Gasteiger partial charge in [-0.2, -0.15) is 0 Å². The number of benzene rings is 2. The van der Waals surface area contributed by atoms with Crippen LogP contribution >= 0.6 is 11.6 Å². The molecule has 0 aliphatic carbocycles. The van der Waals surface area contributed by atoms with Gasteiger partial charge >= 0.3 is 0 Å². The molecule has 0 radical (unpaired) electrons. The number of nitrogens with one attached hydrogen (secondary N) is 2. The Hall–Kier alpha value is -2.73. The standard InChI is InChI=1S/C22H22ClFN2O3/c1-22(2,16-5-3-4-6-18(16)24)21(29)25-12-13-7-8-14(17(23)11-13)15-9-10-19(27)26-20(15)28/h3-8,11,15H,9-10,12H2,1-2H3,(H,25,29)(H,26,27,28). The van der Waals surface area contributed by atoms with Gasteiger partial charge in [-0.25, -0.2) is 4.39 Å². The van der Waals surface area contributed by atoms with Crippen molar-refractivity contribution in [3.05, 3.63) is 70.0 Å². The average molecular weight is 417 g/mol. The van der Waals surface area contributed by atoms with E-state index in [1.165, 1.54) is 6.07 Å². The summed E-state index contributed by atoms with van der Waals surface area (Å²) in [6.45, 7) is 3.55. The van der Waals surface area contributed by atoms with Gasteiger partial charge in [-0.1, -0.05) is 41.9 Å². The molecule has 1 saturated heterocycles. The third kappa shape index (κ3) is 4.48. The molecule has 29 heavy (non-hydrogen) atoms. The largest absolute Gasteiger partial charge is 0.351 e. The Balaban J connectivity index is 1.69. The molecule has 2 N–H and O–H groups in total. The van der Waals surface area contributed by atoms with E-state index in [0.29, 0.717) is 22.6 Å². The molecule has 2 aromatic rings. The summed E-state index contributed by atoms with van der Waals surface area (Å²) in [5.74, 6) is -1.84. The Morgan fingerprint density at radius 2 is 1.97 bits per heavy atom. The molecule has 0 saturated carbocycles. The summed E-state index contributed by atoms with van der Waals surface area (Å²) in [6.07, 6.45) is 0.687. The minimum Gasteiger partial charge on any atom is -0.351 e. The number of halogens is 2. The van der Waals surface area contributed by atoms with Gasteiger partial charge in [0.15, 0.2) is 0 Å². The molecule has 3 rings (SSSR count). The lowest BCUT2D eigenvalue weighted by Gasteiger charge is -2.25. The van der Waals surface area contributed by atoms with E-state index >= 15 is 0 Å². The Labute approximate surface area is 173 Å². The van der Waals surface area contributed by atoms with Gasteiger partial charge in [0.25, 0.3) is 0 Å². The van der Waals surface area contributed by atoms with Gasteiger partial charge < -0.3 is 5.32 Å². The number of carbonyl (C=O) groups is 3. The minimum absolute atomic E-state index is 0.214. The van der Waals surface area contributed by atoms with Gasteiger partial charge in [0.2, 0.25) is 17.7 Å². The number of rotatable bonds is 5. The lowest BCUT2D eigenvalue weighted by atomic mass is 9.83. The van der Waals surface area contributed by atoms with Crippen LogP contribution in [0, 0.1) is 5.82 Å². The third-order valence-corrected chi connectivity index (χ3v) is 5.57. The molecule has 1 heterocycles. The highest BCUT2D eigenvalue weighted by atomic mass is 35.5. The van der Waals surface area contributed by atoms with Crippen LogP contribution in [0.15, 0.2) is 42.5 Å². The van der Waals surface area contributed by atoms with E-state index in [4.69, 9.17) is 11.6 Å². The van der Waals surface area contributed by atoms with Crippen molar-refractivity contribution in [2.75, 3.05) is 0 Å². The van der Waals surface area contributed by atoms with Crippen LogP contribution in [0.4, 0.5) is 4.39 Å². The summed E-state index contributed by atoms with van der Waals surface area (Å²) >= 11 is 6.36. The van der Waals surface area contributed by atoms with Gasteiger partial charge in [-0.05, 0) is 43.5 Å². The Morgan fingerprint density at radius 1 is 1.24 bits per heavy atom. The second kappa shape index (κ2) is 8.33. The average Bonchev–Trinajstić information content (AvgIpc) is 2.67. The predicted octanol–water partition coefficient (Wildman–Crippen LogP) is 3.59. The zero-order valence-corrected chi connectivity index (χ0v) is 17.0. The van der Waals surface area contributed by atoms with E-state index in [1.807, 2.05) is 0 Å². The van der Waals surface area contributed by atoms with Crippen molar-refractivity contribution in [3.63, 3.8) is 0 Å². The highest BCUT2D eigenvalue weighted by molar-refractivity contribution is 6.31. The van der Waals surface area contributed by atoms with E-state index in [-0.39, 0.29) is 30.7 Å². The Bertz CT molecular complexity index is 974. The van der Waals surface area contributed by atoms with Gasteiger partial charge in [0.1, 0.15) is 5.82 Å². The number of hydrogen-bond acceptors (Lipinski definition) is 3. The number of amides is 3. The Kier molecular flexibility index (Phi) is 6.03. The molecule has 3 amide bonds. The molecule has 5 nitrogen and oxygen atoms in total. The van der Waals surface area contributed by atoms with E-state index in [2.05, 4.69) is 10.6 Å². The van der Waals surface area contributed by atoms with Gasteiger partial charge in [-0.15, -0.1) is 0 Å². The second-order valence-corrected chi connectivity index (χ2v) is 8.05. The highest BCUT2D eigenvalue weighted by Gasteiger charge is 2.32. The second-order valence-electron chi connectivity index (χ2n) is 7.65. The van der Waals surface area contributed by atoms with Crippen LogP contribution in [0.3, 0.4) is 0 Å². The minimum atomic E-state index is -1.04. The van der Waals surface area contributed by atoms with Crippen LogP contribution in [-0.4, -0.2) is 17.7 Å². The van der Waals surface area contributed by atoms with Crippen LogP contribution in [0.25, 0.3) is 0 Å².